The van der Waals surface area contributed by atoms with Crippen molar-refractivity contribution < 1.29 is 39.3 Å². The van der Waals surface area contributed by atoms with Crippen LogP contribution in [0.5, 0.6) is 0 Å². The quantitative estimate of drug-likeness (QED) is 0.277. The molecule has 0 aromatic heterocycles. The fourth-order valence-electron chi connectivity index (χ4n) is 2.78. The summed E-state index contributed by atoms with van der Waals surface area (Å²) in [6.07, 6.45) is 0.596. The fraction of sp³-hybridized carbons (Fsp3) is 0.917. The predicted octanol–water partition coefficient (Wildman–Crippen LogP) is 0.501. The number of esters is 1. The normalized spacial score (nSPS) is 30.5. The summed E-state index contributed by atoms with van der Waals surface area (Å²) in [5, 5.41) is 0. The molecule has 2 atom stereocenters. The highest BCUT2D eigenvalue weighted by atomic mass is 28.5. The lowest BCUT2D eigenvalue weighted by molar-refractivity contribution is -0.141. The molecule has 0 saturated carbocycles. The Bertz CT molecular complexity index is 417. The van der Waals surface area contributed by atoms with Gasteiger partial charge in [0.1, 0.15) is 0 Å². The monoisotopic (exact) mass is 460 g/mol. The van der Waals surface area contributed by atoms with Gasteiger partial charge in [-0.1, -0.05) is 0 Å². The molecule has 1 rings (SSSR count). The van der Waals surface area contributed by atoms with Gasteiger partial charge in [0.25, 0.3) is 27.9 Å². The second kappa shape index (κ2) is 11.3. The highest BCUT2D eigenvalue weighted by Gasteiger charge is 2.42. The zero-order valence-electron chi connectivity index (χ0n) is 16.7. The molecule has 1 aliphatic rings. The highest BCUT2D eigenvalue weighted by Crippen LogP contribution is 2.21. The molecule has 0 N–H and O–H groups in total. The van der Waals surface area contributed by atoms with Gasteiger partial charge in [0.15, 0.2) is 0 Å². The maximum atomic E-state index is 12.3. The Hall–Kier alpha value is 0.274. The van der Waals surface area contributed by atoms with Gasteiger partial charge in [0, 0.05) is 27.4 Å². The highest BCUT2D eigenvalue weighted by molar-refractivity contribution is 6.82. The van der Waals surface area contributed by atoms with E-state index < -0.39 is 45.2 Å². The van der Waals surface area contributed by atoms with Gasteiger partial charge >= 0.3 is 23.3 Å². The molecule has 0 aliphatic carbocycles. The van der Waals surface area contributed by atoms with Crippen molar-refractivity contribution in [2.24, 2.45) is 0 Å². The van der Waals surface area contributed by atoms with Crippen LogP contribution in [0.15, 0.2) is 0 Å². The summed E-state index contributed by atoms with van der Waals surface area (Å²) in [4.78, 5) is 12.3. The first-order valence-electron chi connectivity index (χ1n) is 8.65. The maximum Gasteiger partial charge on any atom is 0.500 e. The van der Waals surface area contributed by atoms with Crippen LogP contribution in [0.2, 0.25) is 38.3 Å². The molecule has 9 nitrogen and oxygen atoms in total. The molecule has 0 spiro atoms. The lowest BCUT2D eigenvalue weighted by Gasteiger charge is -2.36. The van der Waals surface area contributed by atoms with Gasteiger partial charge in [0.2, 0.25) is 0 Å². The Balaban J connectivity index is 2.47. The van der Waals surface area contributed by atoms with Crippen molar-refractivity contribution in [2.75, 3.05) is 27.9 Å². The van der Waals surface area contributed by atoms with Crippen LogP contribution in [-0.4, -0.2) is 79.1 Å². The van der Waals surface area contributed by atoms with Gasteiger partial charge in [-0.25, -0.2) is 0 Å². The van der Waals surface area contributed by atoms with Crippen molar-refractivity contribution in [3.63, 3.8) is 0 Å². The van der Waals surface area contributed by atoms with E-state index in [4.69, 9.17) is 34.5 Å². The van der Waals surface area contributed by atoms with Gasteiger partial charge in [0.05, 0.1) is 12.7 Å². The molecule has 2 unspecified atom stereocenters. The van der Waals surface area contributed by atoms with Gasteiger partial charge in [-0.05, 0) is 32.6 Å². The Morgan fingerprint density at radius 1 is 0.962 bits per heavy atom. The summed E-state index contributed by atoms with van der Waals surface area (Å²) in [6, 6.07) is 0.704. The SMILES string of the molecule is CO[Si](CCCOC(=O)C[Si]1(C)O[SiH](C)O[SiH](C)O[SiH](C)O1)(OC)OC. The molecular weight excluding hydrogens is 429 g/mol. The first kappa shape index (κ1) is 24.3. The molecule has 0 aromatic rings. The summed E-state index contributed by atoms with van der Waals surface area (Å²) in [5.41, 5.74) is 0. The summed E-state index contributed by atoms with van der Waals surface area (Å²) in [5.74, 6) is -0.327. The van der Waals surface area contributed by atoms with Gasteiger partial charge < -0.3 is 34.5 Å². The molecule has 0 bridgehead atoms. The Kier molecular flexibility index (Phi) is 10.6. The molecule has 1 fully saturated rings. The van der Waals surface area contributed by atoms with Crippen LogP contribution in [-0.2, 0) is 39.3 Å². The molecule has 26 heavy (non-hydrogen) atoms. The molecule has 1 heterocycles. The largest absolute Gasteiger partial charge is 0.500 e. The Labute approximate surface area is 163 Å². The van der Waals surface area contributed by atoms with Crippen LogP contribution in [0.25, 0.3) is 0 Å². The summed E-state index contributed by atoms with van der Waals surface area (Å²) in [7, 11) is -6.06. The van der Waals surface area contributed by atoms with Crippen molar-refractivity contribution >= 4 is 51.2 Å². The lowest BCUT2D eigenvalue weighted by atomic mass is 10.5. The van der Waals surface area contributed by atoms with E-state index in [9.17, 15) is 4.79 Å². The number of carbonyl (C=O) groups excluding carboxylic acids is 1. The zero-order chi connectivity index (χ0) is 19.8. The topological polar surface area (TPSA) is 90.9 Å². The summed E-state index contributed by atoms with van der Waals surface area (Å²) < 4.78 is 45.2. The molecule has 14 heteroatoms. The van der Waals surface area contributed by atoms with E-state index in [1.54, 1.807) is 21.3 Å². The van der Waals surface area contributed by atoms with Gasteiger partial charge in [-0.2, -0.15) is 0 Å². The first-order chi connectivity index (χ1) is 12.2. The molecule has 1 saturated heterocycles. The number of rotatable bonds is 9. The van der Waals surface area contributed by atoms with Crippen molar-refractivity contribution in [1.29, 1.82) is 0 Å². The molecule has 154 valence electrons. The van der Waals surface area contributed by atoms with Crippen molar-refractivity contribution in [2.45, 2.75) is 44.7 Å². The van der Waals surface area contributed by atoms with E-state index in [0.717, 1.165) is 0 Å². The minimum Gasteiger partial charge on any atom is -0.466 e. The number of carbonyl (C=O) groups is 1. The molecule has 0 amide bonds. The fourth-order valence-corrected chi connectivity index (χ4v) is 18.7. The third-order valence-electron chi connectivity index (χ3n) is 3.89. The minimum atomic E-state index is -2.70. The Morgan fingerprint density at radius 2 is 1.46 bits per heavy atom. The van der Waals surface area contributed by atoms with E-state index in [1.807, 2.05) is 26.2 Å². The third kappa shape index (κ3) is 8.11. The third-order valence-corrected chi connectivity index (χ3v) is 20.4. The van der Waals surface area contributed by atoms with Gasteiger partial charge in [-0.3, -0.25) is 4.79 Å². The van der Waals surface area contributed by atoms with E-state index >= 15 is 0 Å². The minimum absolute atomic E-state index is 0.131. The van der Waals surface area contributed by atoms with Crippen LogP contribution in [0.3, 0.4) is 0 Å². The average molecular weight is 461 g/mol. The predicted molar refractivity (Wildman–Crippen MR) is 107 cm³/mol. The zero-order valence-corrected chi connectivity index (χ0v) is 22.2. The smallest absolute Gasteiger partial charge is 0.466 e. The molecular formula is C12H32O9Si5. The number of hydrogen-bond acceptors (Lipinski definition) is 9. The summed E-state index contributed by atoms with van der Waals surface area (Å²) >= 11 is 0. The maximum absolute atomic E-state index is 12.3. The number of hydrogen-bond donors (Lipinski definition) is 0. The molecule has 0 aromatic carbocycles. The molecule has 1 aliphatic heterocycles. The van der Waals surface area contributed by atoms with Crippen LogP contribution in [0.1, 0.15) is 6.42 Å². The van der Waals surface area contributed by atoms with Crippen LogP contribution >= 0.6 is 0 Å². The van der Waals surface area contributed by atoms with E-state index in [1.165, 1.54) is 0 Å². The van der Waals surface area contributed by atoms with Crippen LogP contribution in [0, 0.1) is 0 Å². The van der Waals surface area contributed by atoms with Gasteiger partial charge in [-0.15, -0.1) is 0 Å². The standard InChI is InChI=1S/C12H32O9Si5/c1-14-26(15-2,16-3)10-8-9-17-12(13)11-25(7)20-23(5)18-22(4)19-24(6)21-25/h22-24H,8-11H2,1-7H3. The van der Waals surface area contributed by atoms with E-state index in [0.29, 0.717) is 12.5 Å². The number of ether oxygens (including phenoxy) is 1. The van der Waals surface area contributed by atoms with E-state index in [2.05, 4.69) is 0 Å². The molecule has 0 radical (unpaired) electrons. The Morgan fingerprint density at radius 3 is 1.92 bits per heavy atom. The van der Waals surface area contributed by atoms with Crippen molar-refractivity contribution in [3.8, 4) is 0 Å². The van der Waals surface area contributed by atoms with Crippen molar-refractivity contribution in [1.82, 2.24) is 0 Å². The average Bonchev–Trinajstić information content (AvgIpc) is 2.53. The van der Waals surface area contributed by atoms with E-state index in [-0.39, 0.29) is 18.6 Å². The van der Waals surface area contributed by atoms with Crippen molar-refractivity contribution in [3.05, 3.63) is 0 Å². The second-order valence-electron chi connectivity index (χ2n) is 6.14. The van der Waals surface area contributed by atoms with Crippen LogP contribution in [0.4, 0.5) is 0 Å². The first-order valence-corrected chi connectivity index (χ1v) is 19.4. The lowest BCUT2D eigenvalue weighted by Crippen LogP contribution is -2.54. The second-order valence-corrected chi connectivity index (χ2v) is 19.3. The van der Waals surface area contributed by atoms with Crippen LogP contribution < -0.4 is 0 Å². The summed E-state index contributed by atoms with van der Waals surface area (Å²) in [6.45, 7) is 8.00.